The second-order valence-electron chi connectivity index (χ2n) is 4.29. The molecule has 3 unspecified atom stereocenters. The van der Waals surface area contributed by atoms with E-state index in [1.54, 1.807) is 0 Å². The van der Waals surface area contributed by atoms with Crippen molar-refractivity contribution in [2.24, 2.45) is 5.92 Å². The number of rotatable bonds is 0. The van der Waals surface area contributed by atoms with Gasteiger partial charge in [0.1, 0.15) is 0 Å². The summed E-state index contributed by atoms with van der Waals surface area (Å²) in [5.41, 5.74) is 0. The predicted molar refractivity (Wildman–Crippen MR) is 49.1 cm³/mol. The van der Waals surface area contributed by atoms with Gasteiger partial charge in [0.2, 0.25) is 5.91 Å². The average molecular weight is 183 g/mol. The van der Waals surface area contributed by atoms with E-state index in [2.05, 4.69) is 0 Å². The quantitative estimate of drug-likeness (QED) is 0.602. The zero-order valence-corrected chi connectivity index (χ0v) is 8.07. The molecule has 2 rings (SSSR count). The molecule has 1 saturated heterocycles. The number of piperidine rings is 1. The number of fused-ring (bicyclic) bond motifs is 1. The van der Waals surface area contributed by atoms with Crippen LogP contribution in [-0.2, 0) is 4.79 Å². The number of amides is 1. The summed E-state index contributed by atoms with van der Waals surface area (Å²) in [6.07, 6.45) is 4.52. The average Bonchev–Trinajstić information content (AvgIpc) is 2.15. The summed E-state index contributed by atoms with van der Waals surface area (Å²) < 4.78 is 0. The van der Waals surface area contributed by atoms with Gasteiger partial charge in [0.15, 0.2) is 0 Å². The highest BCUT2D eigenvalue weighted by atomic mass is 16.3. The predicted octanol–water partition coefficient (Wildman–Crippen LogP) is 0.768. The molecule has 3 nitrogen and oxygen atoms in total. The largest absolute Gasteiger partial charge is 0.392 e. The molecule has 1 N–H and O–H groups in total. The third-order valence-corrected chi connectivity index (χ3v) is 3.55. The van der Waals surface area contributed by atoms with Crippen LogP contribution in [0.4, 0.5) is 0 Å². The standard InChI is InChI=1S/C10H17NO2/c1-11-8-5-3-2-4-7(8)9(12)6-10(11)13/h7-9,12H,2-6H2,1H3. The van der Waals surface area contributed by atoms with Gasteiger partial charge in [-0.3, -0.25) is 4.79 Å². The normalized spacial score (nSPS) is 40.3. The lowest BCUT2D eigenvalue weighted by Gasteiger charge is -2.44. The van der Waals surface area contributed by atoms with Gasteiger partial charge in [-0.1, -0.05) is 12.8 Å². The molecule has 0 spiro atoms. The monoisotopic (exact) mass is 183 g/mol. The molecule has 0 aromatic rings. The van der Waals surface area contributed by atoms with Crippen molar-refractivity contribution in [1.82, 2.24) is 4.90 Å². The van der Waals surface area contributed by atoms with Crippen LogP contribution >= 0.6 is 0 Å². The Morgan fingerprint density at radius 3 is 2.85 bits per heavy atom. The Morgan fingerprint density at radius 2 is 2.08 bits per heavy atom. The lowest BCUT2D eigenvalue weighted by Crippen LogP contribution is -2.53. The van der Waals surface area contributed by atoms with Crippen LogP contribution in [0.2, 0.25) is 0 Å². The second-order valence-corrected chi connectivity index (χ2v) is 4.29. The molecule has 3 heteroatoms. The SMILES string of the molecule is CN1C(=O)CC(O)C2CCCCC21. The Balaban J connectivity index is 2.14. The van der Waals surface area contributed by atoms with Gasteiger partial charge >= 0.3 is 0 Å². The minimum atomic E-state index is -0.381. The zero-order valence-electron chi connectivity index (χ0n) is 8.07. The minimum Gasteiger partial charge on any atom is -0.392 e. The van der Waals surface area contributed by atoms with Crippen LogP contribution in [0, 0.1) is 5.92 Å². The van der Waals surface area contributed by atoms with Crippen LogP contribution in [-0.4, -0.2) is 35.1 Å². The summed E-state index contributed by atoms with van der Waals surface area (Å²) >= 11 is 0. The summed E-state index contributed by atoms with van der Waals surface area (Å²) in [6, 6.07) is 0.310. The fourth-order valence-corrected chi connectivity index (χ4v) is 2.73. The highest BCUT2D eigenvalue weighted by Gasteiger charge is 2.40. The fourth-order valence-electron chi connectivity index (χ4n) is 2.73. The molecule has 0 aromatic carbocycles. The molecule has 1 aliphatic carbocycles. The number of aliphatic hydroxyl groups excluding tert-OH is 1. The third-order valence-electron chi connectivity index (χ3n) is 3.55. The first-order chi connectivity index (χ1) is 6.20. The number of aliphatic hydroxyl groups is 1. The lowest BCUT2D eigenvalue weighted by molar-refractivity contribution is -0.145. The molecule has 74 valence electrons. The van der Waals surface area contributed by atoms with Gasteiger partial charge in [-0.15, -0.1) is 0 Å². The van der Waals surface area contributed by atoms with Crippen LogP contribution in [0.3, 0.4) is 0 Å². The van der Waals surface area contributed by atoms with Gasteiger partial charge in [-0.2, -0.15) is 0 Å². The molecule has 13 heavy (non-hydrogen) atoms. The first-order valence-electron chi connectivity index (χ1n) is 5.14. The van der Waals surface area contributed by atoms with Crippen molar-refractivity contribution in [2.45, 2.75) is 44.2 Å². The molecule has 1 heterocycles. The number of hydrogen-bond acceptors (Lipinski definition) is 2. The summed E-state index contributed by atoms with van der Waals surface area (Å²) in [5, 5.41) is 9.75. The molecule has 0 radical (unpaired) electrons. The van der Waals surface area contributed by atoms with E-state index >= 15 is 0 Å². The van der Waals surface area contributed by atoms with Gasteiger partial charge in [0, 0.05) is 19.0 Å². The van der Waals surface area contributed by atoms with Crippen molar-refractivity contribution in [3.63, 3.8) is 0 Å². The Hall–Kier alpha value is -0.570. The van der Waals surface area contributed by atoms with Gasteiger partial charge < -0.3 is 10.0 Å². The molecular formula is C10H17NO2. The van der Waals surface area contributed by atoms with Crippen LogP contribution < -0.4 is 0 Å². The Labute approximate surface area is 78.7 Å². The summed E-state index contributed by atoms with van der Waals surface area (Å²) in [6.45, 7) is 0. The zero-order chi connectivity index (χ0) is 9.42. The maximum Gasteiger partial charge on any atom is 0.225 e. The van der Waals surface area contributed by atoms with E-state index in [-0.39, 0.29) is 12.0 Å². The second kappa shape index (κ2) is 3.29. The highest BCUT2D eigenvalue weighted by Crippen LogP contribution is 2.34. The summed E-state index contributed by atoms with van der Waals surface area (Å²) in [5.74, 6) is 0.451. The van der Waals surface area contributed by atoms with Crippen molar-refractivity contribution in [2.75, 3.05) is 7.05 Å². The number of carbonyl (C=O) groups excluding carboxylic acids is 1. The molecule has 0 aromatic heterocycles. The molecule has 0 bridgehead atoms. The summed E-state index contributed by atoms with van der Waals surface area (Å²) in [7, 11) is 1.87. The Kier molecular flexibility index (Phi) is 2.28. The fraction of sp³-hybridized carbons (Fsp3) is 0.900. The third kappa shape index (κ3) is 1.46. The minimum absolute atomic E-state index is 0.107. The smallest absolute Gasteiger partial charge is 0.225 e. The molecular weight excluding hydrogens is 166 g/mol. The lowest BCUT2D eigenvalue weighted by atomic mass is 9.76. The van der Waals surface area contributed by atoms with Crippen LogP contribution in [0.25, 0.3) is 0 Å². The first-order valence-corrected chi connectivity index (χ1v) is 5.14. The maximum atomic E-state index is 11.4. The Morgan fingerprint density at radius 1 is 1.38 bits per heavy atom. The summed E-state index contributed by atoms with van der Waals surface area (Å²) in [4.78, 5) is 13.3. The van der Waals surface area contributed by atoms with E-state index in [0.717, 1.165) is 12.8 Å². The van der Waals surface area contributed by atoms with Gasteiger partial charge in [0.05, 0.1) is 12.5 Å². The van der Waals surface area contributed by atoms with Crippen LogP contribution in [0.15, 0.2) is 0 Å². The van der Waals surface area contributed by atoms with Gasteiger partial charge in [-0.05, 0) is 12.8 Å². The highest BCUT2D eigenvalue weighted by molar-refractivity contribution is 5.77. The van der Waals surface area contributed by atoms with E-state index in [1.165, 1.54) is 12.8 Å². The van der Waals surface area contributed by atoms with E-state index in [9.17, 15) is 9.90 Å². The molecule has 3 atom stereocenters. The molecule has 1 saturated carbocycles. The van der Waals surface area contributed by atoms with Crippen molar-refractivity contribution >= 4 is 5.91 Å². The van der Waals surface area contributed by atoms with Crippen molar-refractivity contribution < 1.29 is 9.90 Å². The molecule has 2 fully saturated rings. The molecule has 2 aliphatic rings. The van der Waals surface area contributed by atoms with Gasteiger partial charge in [-0.25, -0.2) is 0 Å². The number of hydrogen-bond donors (Lipinski definition) is 1. The van der Waals surface area contributed by atoms with Crippen LogP contribution in [0.5, 0.6) is 0 Å². The topological polar surface area (TPSA) is 40.5 Å². The van der Waals surface area contributed by atoms with Gasteiger partial charge in [0.25, 0.3) is 0 Å². The van der Waals surface area contributed by atoms with Crippen molar-refractivity contribution in [3.05, 3.63) is 0 Å². The van der Waals surface area contributed by atoms with Crippen molar-refractivity contribution in [1.29, 1.82) is 0 Å². The molecule has 1 amide bonds. The van der Waals surface area contributed by atoms with E-state index in [1.807, 2.05) is 11.9 Å². The van der Waals surface area contributed by atoms with Crippen LogP contribution in [0.1, 0.15) is 32.1 Å². The first kappa shape index (κ1) is 9.00. The van der Waals surface area contributed by atoms with E-state index < -0.39 is 0 Å². The van der Waals surface area contributed by atoms with Crippen molar-refractivity contribution in [3.8, 4) is 0 Å². The number of nitrogens with zero attached hydrogens (tertiary/aromatic N) is 1. The van der Waals surface area contributed by atoms with E-state index in [0.29, 0.717) is 18.4 Å². The number of likely N-dealkylation sites (tertiary alicyclic amines) is 1. The molecule has 1 aliphatic heterocycles. The Bertz CT molecular complexity index is 217. The maximum absolute atomic E-state index is 11.4. The van der Waals surface area contributed by atoms with E-state index in [4.69, 9.17) is 0 Å². The number of carbonyl (C=O) groups is 1.